The lowest BCUT2D eigenvalue weighted by Gasteiger charge is -2.41. The van der Waals surface area contributed by atoms with Gasteiger partial charge in [-0.1, -0.05) is 6.42 Å². The number of nitrogens with zero attached hydrogens (tertiary/aromatic N) is 3. The molecule has 0 unspecified atom stereocenters. The number of hydrogen-bond donors (Lipinski definition) is 1. The minimum Gasteiger partial charge on any atom is -0.312 e. The van der Waals surface area contributed by atoms with Crippen molar-refractivity contribution in [1.29, 1.82) is 0 Å². The van der Waals surface area contributed by atoms with Crippen molar-refractivity contribution < 1.29 is 0 Å². The van der Waals surface area contributed by atoms with E-state index in [-0.39, 0.29) is 11.0 Å². The first-order chi connectivity index (χ1) is 8.24. The molecule has 17 heavy (non-hydrogen) atoms. The van der Waals surface area contributed by atoms with Crippen molar-refractivity contribution >= 4 is 18.1 Å². The minimum atomic E-state index is 0.0399. The van der Waals surface area contributed by atoms with Crippen LogP contribution in [0.2, 0.25) is 0 Å². The van der Waals surface area contributed by atoms with Crippen LogP contribution in [0.15, 0.2) is 29.5 Å². The van der Waals surface area contributed by atoms with Crippen molar-refractivity contribution in [3.05, 3.63) is 35.0 Å². The van der Waals surface area contributed by atoms with Crippen LogP contribution in [0.5, 0.6) is 0 Å². The maximum atomic E-state index is 12.2. The lowest BCUT2D eigenvalue weighted by atomic mass is 9.70. The molecule has 1 aliphatic rings. The predicted molar refractivity (Wildman–Crippen MR) is 69.6 cm³/mol. The SMILES string of the molecule is O=c1c2ccnn2ccn1CC1(CS)CCC1. The molecule has 5 heteroatoms. The molecule has 0 radical (unpaired) electrons. The molecule has 2 aromatic rings. The standard InChI is InChI=1S/C12H15N3OS/c16-11-10-2-5-13-15(10)7-6-14(11)8-12(9-17)3-1-4-12/h2,5-7,17H,1,3-4,8-9H2. The summed E-state index contributed by atoms with van der Waals surface area (Å²) in [6, 6.07) is 1.76. The van der Waals surface area contributed by atoms with E-state index in [4.69, 9.17) is 0 Å². The quantitative estimate of drug-likeness (QED) is 0.839. The summed E-state index contributed by atoms with van der Waals surface area (Å²) in [5, 5.41) is 4.06. The van der Waals surface area contributed by atoms with Gasteiger partial charge in [0.25, 0.3) is 5.56 Å². The van der Waals surface area contributed by atoms with E-state index in [0.717, 1.165) is 12.3 Å². The van der Waals surface area contributed by atoms with E-state index in [0.29, 0.717) is 5.52 Å². The molecule has 0 amide bonds. The molecule has 3 rings (SSSR count). The first-order valence-corrected chi connectivity index (χ1v) is 6.51. The number of fused-ring (bicyclic) bond motifs is 1. The van der Waals surface area contributed by atoms with Gasteiger partial charge in [0.15, 0.2) is 0 Å². The van der Waals surface area contributed by atoms with Crippen LogP contribution in [-0.4, -0.2) is 19.9 Å². The first-order valence-electron chi connectivity index (χ1n) is 5.88. The Morgan fingerprint density at radius 2 is 2.24 bits per heavy atom. The highest BCUT2D eigenvalue weighted by Crippen LogP contribution is 2.42. The van der Waals surface area contributed by atoms with Gasteiger partial charge in [-0.2, -0.15) is 17.7 Å². The van der Waals surface area contributed by atoms with E-state index in [9.17, 15) is 4.79 Å². The fourth-order valence-corrected chi connectivity index (χ4v) is 2.91. The van der Waals surface area contributed by atoms with Crippen LogP contribution in [0.1, 0.15) is 19.3 Å². The maximum absolute atomic E-state index is 12.2. The smallest absolute Gasteiger partial charge is 0.276 e. The highest BCUT2D eigenvalue weighted by atomic mass is 32.1. The molecule has 0 bridgehead atoms. The van der Waals surface area contributed by atoms with Gasteiger partial charge in [0.2, 0.25) is 0 Å². The van der Waals surface area contributed by atoms with Gasteiger partial charge in [-0.3, -0.25) is 4.79 Å². The van der Waals surface area contributed by atoms with E-state index in [1.54, 1.807) is 21.3 Å². The molecule has 0 aliphatic heterocycles. The van der Waals surface area contributed by atoms with Crippen LogP contribution in [0.25, 0.3) is 5.52 Å². The second-order valence-corrected chi connectivity index (χ2v) is 5.22. The Bertz CT molecular complexity index is 592. The molecular formula is C12H15N3OS. The lowest BCUT2D eigenvalue weighted by Crippen LogP contribution is -2.39. The summed E-state index contributed by atoms with van der Waals surface area (Å²) >= 11 is 4.43. The summed E-state index contributed by atoms with van der Waals surface area (Å²) in [5.41, 5.74) is 0.907. The Balaban J connectivity index is 2.00. The van der Waals surface area contributed by atoms with Crippen LogP contribution >= 0.6 is 12.6 Å². The van der Waals surface area contributed by atoms with Crippen LogP contribution in [0.3, 0.4) is 0 Å². The van der Waals surface area contributed by atoms with Crippen LogP contribution in [0.4, 0.5) is 0 Å². The van der Waals surface area contributed by atoms with E-state index in [2.05, 4.69) is 17.7 Å². The average Bonchev–Trinajstić information content (AvgIpc) is 2.75. The summed E-state index contributed by atoms with van der Waals surface area (Å²) in [6.45, 7) is 0.775. The van der Waals surface area contributed by atoms with Gasteiger partial charge < -0.3 is 4.57 Å². The van der Waals surface area contributed by atoms with Crippen LogP contribution in [-0.2, 0) is 6.54 Å². The normalized spacial score (nSPS) is 18.2. The molecule has 2 heterocycles. The Labute approximate surface area is 105 Å². The fourth-order valence-electron chi connectivity index (χ4n) is 2.49. The Morgan fingerprint density at radius 3 is 2.88 bits per heavy atom. The van der Waals surface area contributed by atoms with E-state index < -0.39 is 0 Å². The molecule has 90 valence electrons. The van der Waals surface area contributed by atoms with Gasteiger partial charge in [-0.15, -0.1) is 0 Å². The van der Waals surface area contributed by atoms with E-state index in [1.165, 1.54) is 19.3 Å². The monoisotopic (exact) mass is 249 g/mol. The molecule has 1 fully saturated rings. The fraction of sp³-hybridized carbons (Fsp3) is 0.500. The van der Waals surface area contributed by atoms with Crippen molar-refractivity contribution in [2.45, 2.75) is 25.8 Å². The summed E-state index contributed by atoms with van der Waals surface area (Å²) in [6.07, 6.45) is 8.91. The highest BCUT2D eigenvalue weighted by molar-refractivity contribution is 7.80. The van der Waals surface area contributed by atoms with Crippen molar-refractivity contribution in [3.63, 3.8) is 0 Å². The molecular weight excluding hydrogens is 234 g/mol. The van der Waals surface area contributed by atoms with Gasteiger partial charge in [-0.25, -0.2) is 4.52 Å². The Kier molecular flexibility index (Phi) is 2.50. The zero-order chi connectivity index (χ0) is 11.9. The molecule has 1 aliphatic carbocycles. The van der Waals surface area contributed by atoms with E-state index >= 15 is 0 Å². The number of hydrogen-bond acceptors (Lipinski definition) is 3. The molecule has 4 nitrogen and oxygen atoms in total. The van der Waals surface area contributed by atoms with Gasteiger partial charge in [0.1, 0.15) is 5.52 Å². The molecule has 0 aromatic carbocycles. The summed E-state index contributed by atoms with van der Waals surface area (Å²) < 4.78 is 3.42. The Hall–Kier alpha value is -1.23. The largest absolute Gasteiger partial charge is 0.312 e. The third-order valence-electron chi connectivity index (χ3n) is 3.79. The van der Waals surface area contributed by atoms with Crippen molar-refractivity contribution in [2.75, 3.05) is 5.75 Å². The third-order valence-corrected chi connectivity index (χ3v) is 4.46. The van der Waals surface area contributed by atoms with Gasteiger partial charge in [-0.05, 0) is 30.1 Å². The summed E-state index contributed by atoms with van der Waals surface area (Å²) in [7, 11) is 0. The first kappa shape index (κ1) is 10.9. The molecule has 1 saturated carbocycles. The van der Waals surface area contributed by atoms with Gasteiger partial charge in [0, 0.05) is 18.9 Å². The molecule has 2 aromatic heterocycles. The van der Waals surface area contributed by atoms with Crippen molar-refractivity contribution in [3.8, 4) is 0 Å². The zero-order valence-electron chi connectivity index (χ0n) is 9.54. The second-order valence-electron chi connectivity index (χ2n) is 4.90. The maximum Gasteiger partial charge on any atom is 0.276 e. The predicted octanol–water partition coefficient (Wildman–Crippen LogP) is 1.60. The summed E-state index contributed by atoms with van der Waals surface area (Å²) in [4.78, 5) is 12.2. The minimum absolute atomic E-state index is 0.0399. The van der Waals surface area contributed by atoms with Crippen LogP contribution in [0, 0.1) is 5.41 Å². The molecule has 0 saturated heterocycles. The molecule has 0 atom stereocenters. The highest BCUT2D eigenvalue weighted by Gasteiger charge is 2.36. The van der Waals surface area contributed by atoms with Crippen LogP contribution < -0.4 is 5.56 Å². The van der Waals surface area contributed by atoms with Gasteiger partial charge in [0.05, 0.1) is 6.20 Å². The molecule has 0 N–H and O–H groups in total. The third kappa shape index (κ3) is 1.69. The van der Waals surface area contributed by atoms with E-state index in [1.807, 2.05) is 12.4 Å². The number of rotatable bonds is 3. The topological polar surface area (TPSA) is 39.3 Å². The second kappa shape index (κ2) is 3.91. The van der Waals surface area contributed by atoms with Crippen molar-refractivity contribution in [1.82, 2.24) is 14.2 Å². The number of thiol groups is 1. The van der Waals surface area contributed by atoms with Crippen molar-refractivity contribution in [2.24, 2.45) is 5.41 Å². The lowest BCUT2D eigenvalue weighted by molar-refractivity contribution is 0.137. The zero-order valence-corrected chi connectivity index (χ0v) is 10.4. The summed E-state index contributed by atoms with van der Waals surface area (Å²) in [5.74, 6) is 0.851. The molecule has 0 spiro atoms. The average molecular weight is 249 g/mol. The van der Waals surface area contributed by atoms with Gasteiger partial charge >= 0.3 is 0 Å². The Morgan fingerprint density at radius 1 is 1.41 bits per heavy atom. The number of aromatic nitrogens is 3.